The normalized spacial score (nSPS) is 19.8. The third-order valence-corrected chi connectivity index (χ3v) is 4.10. The number of piperidine rings is 1. The number of aryl methyl sites for hydroxylation is 1. The molecule has 100 valence electrons. The molecule has 4 nitrogen and oxygen atoms in total. The lowest BCUT2D eigenvalue weighted by Crippen LogP contribution is -2.40. The third-order valence-electron chi connectivity index (χ3n) is 3.70. The average molecular weight is 313 g/mol. The first-order valence-corrected chi connectivity index (χ1v) is 7.20. The molecule has 2 rings (SSSR count). The van der Waals surface area contributed by atoms with Crippen molar-refractivity contribution >= 4 is 21.7 Å². The molecule has 0 spiro atoms. The van der Waals surface area contributed by atoms with Gasteiger partial charge in [0.25, 0.3) is 0 Å². The van der Waals surface area contributed by atoms with Gasteiger partial charge in [0.05, 0.1) is 0 Å². The van der Waals surface area contributed by atoms with E-state index in [1.165, 1.54) is 25.9 Å². The molecular weight excluding hydrogens is 292 g/mol. The molecule has 0 aliphatic carbocycles. The number of hydrogen-bond donors (Lipinski definition) is 1. The number of hydrogen-bond acceptors (Lipinski definition) is 4. The minimum absolute atomic E-state index is 0.373. The first-order valence-electron chi connectivity index (χ1n) is 6.40. The van der Waals surface area contributed by atoms with E-state index in [0.717, 1.165) is 22.8 Å². The zero-order valence-electron chi connectivity index (χ0n) is 11.3. The molecule has 5 heteroatoms. The Morgan fingerprint density at radius 1 is 1.39 bits per heavy atom. The van der Waals surface area contributed by atoms with Gasteiger partial charge in [-0.25, -0.2) is 9.97 Å². The van der Waals surface area contributed by atoms with E-state index in [4.69, 9.17) is 0 Å². The first kappa shape index (κ1) is 13.7. The molecule has 1 aromatic heterocycles. The van der Waals surface area contributed by atoms with Gasteiger partial charge in [-0.1, -0.05) is 6.92 Å². The number of halogens is 1. The van der Waals surface area contributed by atoms with Crippen LogP contribution in [0.1, 0.15) is 25.6 Å². The van der Waals surface area contributed by atoms with Gasteiger partial charge in [0, 0.05) is 12.6 Å². The van der Waals surface area contributed by atoms with Crippen LogP contribution in [0.3, 0.4) is 0 Å². The van der Waals surface area contributed by atoms with Crippen molar-refractivity contribution in [3.05, 3.63) is 16.5 Å². The number of anilines is 1. The Hall–Kier alpha value is -0.680. The average Bonchev–Trinajstić information content (AvgIpc) is 2.30. The van der Waals surface area contributed by atoms with E-state index in [1.54, 1.807) is 0 Å². The highest BCUT2D eigenvalue weighted by Crippen LogP contribution is 2.30. The van der Waals surface area contributed by atoms with Crippen LogP contribution in [0.15, 0.2) is 10.7 Å². The van der Waals surface area contributed by atoms with Crippen LogP contribution in [0.25, 0.3) is 0 Å². The fourth-order valence-electron chi connectivity index (χ4n) is 2.26. The number of nitrogens with one attached hydrogen (secondary N) is 1. The molecule has 1 aliphatic heterocycles. The van der Waals surface area contributed by atoms with Gasteiger partial charge in [0.2, 0.25) is 0 Å². The van der Waals surface area contributed by atoms with Crippen molar-refractivity contribution in [3.63, 3.8) is 0 Å². The Kier molecular flexibility index (Phi) is 4.22. The number of rotatable bonds is 3. The van der Waals surface area contributed by atoms with Crippen molar-refractivity contribution in [3.8, 4) is 0 Å². The lowest BCUT2D eigenvalue weighted by molar-refractivity contribution is 0.150. The Bertz CT molecular complexity index is 393. The predicted octanol–water partition coefficient (Wildman–Crippen LogP) is 2.69. The summed E-state index contributed by atoms with van der Waals surface area (Å²) in [6, 6.07) is 1.94. The van der Waals surface area contributed by atoms with Gasteiger partial charge in [0.15, 0.2) is 0 Å². The van der Waals surface area contributed by atoms with Crippen LogP contribution in [0, 0.1) is 12.3 Å². The van der Waals surface area contributed by atoms with Gasteiger partial charge in [-0.15, -0.1) is 0 Å². The second-order valence-corrected chi connectivity index (χ2v) is 6.40. The molecule has 0 saturated carbocycles. The maximum Gasteiger partial charge on any atom is 0.130 e. The molecule has 0 amide bonds. The van der Waals surface area contributed by atoms with Gasteiger partial charge in [-0.3, -0.25) is 0 Å². The van der Waals surface area contributed by atoms with Crippen LogP contribution in [-0.2, 0) is 0 Å². The molecule has 1 saturated heterocycles. The van der Waals surface area contributed by atoms with E-state index in [9.17, 15) is 0 Å². The van der Waals surface area contributed by atoms with Gasteiger partial charge in [-0.2, -0.15) is 0 Å². The van der Waals surface area contributed by atoms with Gasteiger partial charge >= 0.3 is 0 Å². The molecule has 0 atom stereocenters. The fraction of sp³-hybridized carbons (Fsp3) is 0.692. The van der Waals surface area contributed by atoms with E-state index in [1.807, 2.05) is 13.0 Å². The highest BCUT2D eigenvalue weighted by Gasteiger charge is 2.28. The van der Waals surface area contributed by atoms with Crippen molar-refractivity contribution < 1.29 is 0 Å². The van der Waals surface area contributed by atoms with E-state index < -0.39 is 0 Å². The zero-order chi connectivity index (χ0) is 13.2. The second-order valence-electron chi connectivity index (χ2n) is 5.59. The molecule has 0 unspecified atom stereocenters. The molecule has 18 heavy (non-hydrogen) atoms. The van der Waals surface area contributed by atoms with E-state index in [0.29, 0.717) is 5.41 Å². The highest BCUT2D eigenvalue weighted by molar-refractivity contribution is 9.10. The number of aromatic nitrogens is 2. The second kappa shape index (κ2) is 5.53. The zero-order valence-corrected chi connectivity index (χ0v) is 12.9. The summed E-state index contributed by atoms with van der Waals surface area (Å²) < 4.78 is 0.839. The Morgan fingerprint density at radius 2 is 2.06 bits per heavy atom. The first-order chi connectivity index (χ1) is 8.47. The van der Waals surface area contributed by atoms with Crippen molar-refractivity contribution in [2.24, 2.45) is 5.41 Å². The summed E-state index contributed by atoms with van der Waals surface area (Å²) in [4.78, 5) is 11.0. The summed E-state index contributed by atoms with van der Waals surface area (Å²) in [6.07, 6.45) is 2.48. The minimum Gasteiger partial charge on any atom is -0.369 e. The van der Waals surface area contributed by atoms with Crippen molar-refractivity contribution in [1.82, 2.24) is 14.9 Å². The van der Waals surface area contributed by atoms with Gasteiger partial charge in [0.1, 0.15) is 16.2 Å². The number of likely N-dealkylation sites (tertiary alicyclic amines) is 1. The molecule has 1 fully saturated rings. The van der Waals surface area contributed by atoms with Crippen LogP contribution in [0.5, 0.6) is 0 Å². The smallest absolute Gasteiger partial charge is 0.130 e. The molecule has 2 heterocycles. The lowest BCUT2D eigenvalue weighted by Gasteiger charge is -2.38. The summed E-state index contributed by atoms with van der Waals surface area (Å²) in [5.74, 6) is 1.70. The van der Waals surface area contributed by atoms with Crippen molar-refractivity contribution in [2.75, 3.05) is 32.0 Å². The predicted molar refractivity (Wildman–Crippen MR) is 77.8 cm³/mol. The molecule has 1 aliphatic rings. The molecule has 0 bridgehead atoms. The third kappa shape index (κ3) is 3.65. The van der Waals surface area contributed by atoms with E-state index in [-0.39, 0.29) is 0 Å². The van der Waals surface area contributed by atoms with Crippen LogP contribution < -0.4 is 5.32 Å². The lowest BCUT2D eigenvalue weighted by atomic mass is 9.80. The standard InChI is InChI=1S/C13H21BrN4/c1-10-16-11(14)8-12(17-10)15-9-13(2)4-6-18(3)7-5-13/h8H,4-7,9H2,1-3H3,(H,15,16,17). The SMILES string of the molecule is Cc1nc(Br)cc(NCC2(C)CCN(C)CC2)n1. The quantitative estimate of drug-likeness (QED) is 0.871. The van der Waals surface area contributed by atoms with Crippen molar-refractivity contribution in [2.45, 2.75) is 26.7 Å². The Morgan fingerprint density at radius 3 is 2.67 bits per heavy atom. The summed E-state index contributed by atoms with van der Waals surface area (Å²) in [7, 11) is 2.19. The minimum atomic E-state index is 0.373. The van der Waals surface area contributed by atoms with Crippen LogP contribution in [0.2, 0.25) is 0 Å². The van der Waals surface area contributed by atoms with E-state index in [2.05, 4.69) is 50.1 Å². The van der Waals surface area contributed by atoms with Crippen LogP contribution in [0.4, 0.5) is 5.82 Å². The summed E-state index contributed by atoms with van der Waals surface area (Å²) in [5, 5.41) is 3.45. The summed E-state index contributed by atoms with van der Waals surface area (Å²) in [6.45, 7) is 7.61. The molecule has 0 aromatic carbocycles. The largest absolute Gasteiger partial charge is 0.369 e. The molecular formula is C13H21BrN4. The maximum atomic E-state index is 4.40. The monoisotopic (exact) mass is 312 g/mol. The van der Waals surface area contributed by atoms with Gasteiger partial charge < -0.3 is 10.2 Å². The van der Waals surface area contributed by atoms with Gasteiger partial charge in [-0.05, 0) is 61.2 Å². The van der Waals surface area contributed by atoms with E-state index >= 15 is 0 Å². The van der Waals surface area contributed by atoms with Crippen LogP contribution >= 0.6 is 15.9 Å². The summed E-state index contributed by atoms with van der Waals surface area (Å²) in [5.41, 5.74) is 0.373. The molecule has 1 aromatic rings. The Balaban J connectivity index is 1.94. The molecule has 0 radical (unpaired) electrons. The van der Waals surface area contributed by atoms with Crippen LogP contribution in [-0.4, -0.2) is 41.5 Å². The fourth-order valence-corrected chi connectivity index (χ4v) is 2.73. The highest BCUT2D eigenvalue weighted by atomic mass is 79.9. The topological polar surface area (TPSA) is 41.1 Å². The maximum absolute atomic E-state index is 4.40. The summed E-state index contributed by atoms with van der Waals surface area (Å²) >= 11 is 3.40. The van der Waals surface area contributed by atoms with Crippen molar-refractivity contribution in [1.29, 1.82) is 0 Å². The number of nitrogens with zero attached hydrogens (tertiary/aromatic N) is 3. The Labute approximate surface area is 117 Å². The molecule has 1 N–H and O–H groups in total.